The normalized spacial score (nSPS) is 22.0. The number of rotatable bonds is 3. The molecule has 0 aliphatic carbocycles. The molecule has 1 aliphatic heterocycles. The predicted octanol–water partition coefficient (Wildman–Crippen LogP) is 2.49. The van der Waals surface area contributed by atoms with Crippen molar-refractivity contribution in [3.05, 3.63) is 0 Å². The molecule has 1 fully saturated rings. The van der Waals surface area contributed by atoms with Gasteiger partial charge in [-0.2, -0.15) is 13.2 Å². The molecule has 3 amide bonds. The second kappa shape index (κ2) is 7.27. The molecular formula is C14H24F3N3O3. The van der Waals surface area contributed by atoms with Crippen LogP contribution in [0.25, 0.3) is 0 Å². The number of carbonyl (C=O) groups is 2. The SMILES string of the molecule is CC[C@H]1CN(C(=O)NCC(F)(F)F)C[C@H]1NC(=O)OC(C)(C)C. The highest BCUT2D eigenvalue weighted by Crippen LogP contribution is 2.21. The molecule has 2 atom stereocenters. The van der Waals surface area contributed by atoms with Gasteiger partial charge in [-0.3, -0.25) is 0 Å². The van der Waals surface area contributed by atoms with Crippen molar-refractivity contribution in [1.29, 1.82) is 0 Å². The summed E-state index contributed by atoms with van der Waals surface area (Å²) >= 11 is 0. The number of nitrogens with zero attached hydrogens (tertiary/aromatic N) is 1. The quantitative estimate of drug-likeness (QED) is 0.830. The number of halogens is 3. The third-order valence-corrected chi connectivity index (χ3v) is 3.39. The molecule has 134 valence electrons. The summed E-state index contributed by atoms with van der Waals surface area (Å²) in [5.41, 5.74) is -0.645. The lowest BCUT2D eigenvalue weighted by Gasteiger charge is -2.23. The zero-order valence-electron chi connectivity index (χ0n) is 13.8. The molecule has 0 radical (unpaired) electrons. The molecule has 1 rings (SSSR count). The van der Waals surface area contributed by atoms with Crippen molar-refractivity contribution in [2.75, 3.05) is 19.6 Å². The van der Waals surface area contributed by atoms with Gasteiger partial charge < -0.3 is 20.3 Å². The van der Waals surface area contributed by atoms with Crippen molar-refractivity contribution >= 4 is 12.1 Å². The fraction of sp³-hybridized carbons (Fsp3) is 0.857. The van der Waals surface area contributed by atoms with Gasteiger partial charge in [-0.15, -0.1) is 0 Å². The first-order valence-electron chi connectivity index (χ1n) is 7.50. The predicted molar refractivity (Wildman–Crippen MR) is 78.0 cm³/mol. The number of likely N-dealkylation sites (tertiary alicyclic amines) is 1. The van der Waals surface area contributed by atoms with E-state index in [-0.39, 0.29) is 18.5 Å². The monoisotopic (exact) mass is 339 g/mol. The van der Waals surface area contributed by atoms with E-state index in [1.54, 1.807) is 20.8 Å². The van der Waals surface area contributed by atoms with Crippen LogP contribution >= 0.6 is 0 Å². The number of nitrogens with one attached hydrogen (secondary N) is 2. The first-order valence-corrected chi connectivity index (χ1v) is 7.50. The zero-order valence-corrected chi connectivity index (χ0v) is 13.8. The van der Waals surface area contributed by atoms with Crippen molar-refractivity contribution < 1.29 is 27.5 Å². The summed E-state index contributed by atoms with van der Waals surface area (Å²) in [7, 11) is 0. The Morgan fingerprint density at radius 2 is 1.83 bits per heavy atom. The minimum Gasteiger partial charge on any atom is -0.444 e. The summed E-state index contributed by atoms with van der Waals surface area (Å²) in [6, 6.07) is -1.12. The van der Waals surface area contributed by atoms with Crippen LogP contribution < -0.4 is 10.6 Å². The van der Waals surface area contributed by atoms with Crippen LogP contribution in [0.15, 0.2) is 0 Å². The van der Waals surface area contributed by atoms with Gasteiger partial charge in [0, 0.05) is 13.1 Å². The van der Waals surface area contributed by atoms with Crippen molar-refractivity contribution in [1.82, 2.24) is 15.5 Å². The molecule has 1 aliphatic rings. The Morgan fingerprint density at radius 3 is 2.30 bits per heavy atom. The second-order valence-corrected chi connectivity index (χ2v) is 6.60. The Morgan fingerprint density at radius 1 is 1.22 bits per heavy atom. The average molecular weight is 339 g/mol. The van der Waals surface area contributed by atoms with Crippen LogP contribution in [0.5, 0.6) is 0 Å². The van der Waals surface area contributed by atoms with E-state index in [2.05, 4.69) is 5.32 Å². The lowest BCUT2D eigenvalue weighted by molar-refractivity contribution is -0.123. The van der Waals surface area contributed by atoms with E-state index in [0.29, 0.717) is 13.0 Å². The van der Waals surface area contributed by atoms with Crippen LogP contribution in [0.3, 0.4) is 0 Å². The minimum absolute atomic E-state index is 0.0286. The van der Waals surface area contributed by atoms with E-state index in [1.165, 1.54) is 4.90 Å². The summed E-state index contributed by atoms with van der Waals surface area (Å²) in [4.78, 5) is 24.9. The standard InChI is InChI=1S/C14H24F3N3O3/c1-5-9-6-20(11(21)18-8-14(15,16)17)7-10(9)19-12(22)23-13(2,3)4/h9-10H,5-8H2,1-4H3,(H,18,21)(H,19,22)/t9-,10+/m0/s1. The maximum atomic E-state index is 12.1. The average Bonchev–Trinajstić information content (AvgIpc) is 2.75. The van der Waals surface area contributed by atoms with Gasteiger partial charge in [0.1, 0.15) is 12.1 Å². The first-order chi connectivity index (χ1) is 10.4. The fourth-order valence-electron chi connectivity index (χ4n) is 2.36. The number of urea groups is 1. The minimum atomic E-state index is -4.45. The largest absolute Gasteiger partial charge is 0.444 e. The number of carbonyl (C=O) groups excluding carboxylic acids is 2. The van der Waals surface area contributed by atoms with Gasteiger partial charge in [-0.1, -0.05) is 6.92 Å². The van der Waals surface area contributed by atoms with Gasteiger partial charge in [-0.05, 0) is 33.1 Å². The van der Waals surface area contributed by atoms with Gasteiger partial charge in [0.15, 0.2) is 0 Å². The van der Waals surface area contributed by atoms with Crippen molar-refractivity contribution in [2.24, 2.45) is 5.92 Å². The van der Waals surface area contributed by atoms with Crippen LogP contribution in [0.1, 0.15) is 34.1 Å². The molecule has 0 bridgehead atoms. The number of alkyl halides is 3. The Balaban J connectivity index is 2.56. The number of amides is 3. The molecule has 0 unspecified atom stereocenters. The van der Waals surface area contributed by atoms with Crippen LogP contribution in [-0.4, -0.2) is 54.5 Å². The van der Waals surface area contributed by atoms with E-state index < -0.39 is 30.4 Å². The number of alkyl carbamates (subject to hydrolysis) is 1. The first kappa shape index (κ1) is 19.4. The van der Waals surface area contributed by atoms with E-state index in [0.717, 1.165) is 0 Å². The molecule has 2 N–H and O–H groups in total. The molecule has 1 heterocycles. The van der Waals surface area contributed by atoms with E-state index >= 15 is 0 Å². The Labute approximate surface area is 133 Å². The van der Waals surface area contributed by atoms with Crippen molar-refractivity contribution in [3.63, 3.8) is 0 Å². The highest BCUT2D eigenvalue weighted by molar-refractivity contribution is 5.75. The van der Waals surface area contributed by atoms with Crippen molar-refractivity contribution in [3.8, 4) is 0 Å². The van der Waals surface area contributed by atoms with Gasteiger partial charge in [-0.25, -0.2) is 9.59 Å². The molecule has 0 aromatic carbocycles. The summed E-state index contributed by atoms with van der Waals surface area (Å²) in [5.74, 6) is -0.0286. The molecular weight excluding hydrogens is 315 g/mol. The van der Waals surface area contributed by atoms with Gasteiger partial charge >= 0.3 is 18.3 Å². The number of ether oxygens (including phenoxy) is 1. The molecule has 0 spiro atoms. The highest BCUT2D eigenvalue weighted by atomic mass is 19.4. The summed E-state index contributed by atoms with van der Waals surface area (Å²) in [5, 5.41) is 4.53. The van der Waals surface area contributed by atoms with Gasteiger partial charge in [0.2, 0.25) is 0 Å². The number of hydrogen-bond acceptors (Lipinski definition) is 3. The summed E-state index contributed by atoms with van der Waals surface area (Å²) in [6.45, 7) is 6.16. The molecule has 9 heteroatoms. The molecule has 0 saturated carbocycles. The fourth-order valence-corrected chi connectivity index (χ4v) is 2.36. The smallest absolute Gasteiger partial charge is 0.407 e. The maximum absolute atomic E-state index is 12.1. The van der Waals surface area contributed by atoms with Crippen LogP contribution in [0.2, 0.25) is 0 Å². The zero-order chi connectivity index (χ0) is 17.8. The molecule has 1 saturated heterocycles. The number of hydrogen-bond donors (Lipinski definition) is 2. The third kappa shape index (κ3) is 6.96. The Bertz CT molecular complexity index is 435. The Hall–Kier alpha value is -1.67. The third-order valence-electron chi connectivity index (χ3n) is 3.39. The summed E-state index contributed by atoms with van der Waals surface area (Å²) < 4.78 is 41.6. The molecule has 0 aromatic heterocycles. The topological polar surface area (TPSA) is 70.7 Å². The van der Waals surface area contributed by atoms with Crippen LogP contribution in [0, 0.1) is 5.92 Å². The lowest BCUT2D eigenvalue weighted by Crippen LogP contribution is -2.45. The van der Waals surface area contributed by atoms with Crippen LogP contribution in [-0.2, 0) is 4.74 Å². The van der Waals surface area contributed by atoms with Crippen LogP contribution in [0.4, 0.5) is 22.8 Å². The molecule has 6 nitrogen and oxygen atoms in total. The van der Waals surface area contributed by atoms with E-state index in [4.69, 9.17) is 4.74 Å². The van der Waals surface area contributed by atoms with Gasteiger partial charge in [0.25, 0.3) is 0 Å². The molecule has 23 heavy (non-hydrogen) atoms. The van der Waals surface area contributed by atoms with Gasteiger partial charge in [0.05, 0.1) is 6.04 Å². The second-order valence-electron chi connectivity index (χ2n) is 6.60. The van der Waals surface area contributed by atoms with E-state index in [1.807, 2.05) is 12.2 Å². The lowest BCUT2D eigenvalue weighted by atomic mass is 10.0. The summed E-state index contributed by atoms with van der Waals surface area (Å²) in [6.07, 6.45) is -4.37. The maximum Gasteiger partial charge on any atom is 0.407 e. The van der Waals surface area contributed by atoms with Crippen molar-refractivity contribution in [2.45, 2.75) is 51.9 Å². The van der Waals surface area contributed by atoms with E-state index in [9.17, 15) is 22.8 Å². The highest BCUT2D eigenvalue weighted by Gasteiger charge is 2.37. The Kier molecular flexibility index (Phi) is 6.12. The molecule has 0 aromatic rings.